The van der Waals surface area contributed by atoms with E-state index < -0.39 is 12.0 Å². The van der Waals surface area contributed by atoms with Gasteiger partial charge in [0.05, 0.1) is 0 Å². The normalized spacial score (nSPS) is 44.9. The fraction of sp³-hybridized carbons (Fsp3) is 0.923. The average Bonchev–Trinajstić information content (AvgIpc) is 2.70. The van der Waals surface area contributed by atoms with E-state index in [1.165, 1.54) is 25.9 Å². The van der Waals surface area contributed by atoms with Crippen molar-refractivity contribution in [1.29, 1.82) is 0 Å². The monoisotopic (exact) mass is 253 g/mol. The Balaban J connectivity index is 1.76. The predicted octanol–water partition coefficient (Wildman–Crippen LogP) is -0.187. The van der Waals surface area contributed by atoms with Crippen LogP contribution in [0.1, 0.15) is 19.3 Å². The van der Waals surface area contributed by atoms with Crippen molar-refractivity contribution in [1.82, 2.24) is 9.80 Å². The molecule has 4 unspecified atom stereocenters. The van der Waals surface area contributed by atoms with Crippen LogP contribution in [0.4, 0.5) is 0 Å². The van der Waals surface area contributed by atoms with Crippen LogP contribution >= 0.6 is 0 Å². The molecule has 4 atom stereocenters. The zero-order chi connectivity index (χ0) is 12.9. The van der Waals surface area contributed by atoms with Crippen LogP contribution in [0.2, 0.25) is 0 Å². The Bertz CT molecular complexity index is 341. The summed E-state index contributed by atoms with van der Waals surface area (Å²) in [5, 5.41) is 9.00. The summed E-state index contributed by atoms with van der Waals surface area (Å²) in [4.78, 5) is 15.9. The highest BCUT2D eigenvalue weighted by atomic mass is 16.4. The highest BCUT2D eigenvalue weighted by molar-refractivity contribution is 5.73. The Kier molecular flexibility index (Phi) is 3.08. The molecule has 4 aliphatic heterocycles. The van der Waals surface area contributed by atoms with Crippen LogP contribution in [0.15, 0.2) is 0 Å². The molecule has 0 spiro atoms. The summed E-state index contributed by atoms with van der Waals surface area (Å²) in [6, 6.07) is 0.148. The van der Waals surface area contributed by atoms with E-state index >= 15 is 0 Å². The van der Waals surface area contributed by atoms with Gasteiger partial charge >= 0.3 is 5.97 Å². The molecule has 0 aromatic carbocycles. The zero-order valence-corrected chi connectivity index (χ0v) is 11.0. The minimum atomic E-state index is -0.872. The molecular weight excluding hydrogens is 230 g/mol. The van der Waals surface area contributed by atoms with Crippen LogP contribution < -0.4 is 5.73 Å². The third-order valence-corrected chi connectivity index (χ3v) is 5.31. The summed E-state index contributed by atoms with van der Waals surface area (Å²) in [6.07, 6.45) is 3.23. The number of aliphatic carboxylic acids is 1. The molecule has 5 heteroatoms. The molecule has 0 aliphatic carbocycles. The maximum absolute atomic E-state index is 11.0. The van der Waals surface area contributed by atoms with Gasteiger partial charge in [-0.25, -0.2) is 0 Å². The number of piperidine rings is 3. The number of rotatable bonds is 3. The summed E-state index contributed by atoms with van der Waals surface area (Å²) < 4.78 is 0. The third kappa shape index (κ3) is 1.85. The maximum Gasteiger partial charge on any atom is 0.320 e. The standard InChI is InChI=1S/C13H23N3O2/c1-15-7-9-8-2-4-16(5-3-8)12(9)11(15)6-10(14)13(17)18/h8-12H,2-7,14H2,1H3,(H,17,18). The van der Waals surface area contributed by atoms with Gasteiger partial charge < -0.3 is 15.7 Å². The van der Waals surface area contributed by atoms with Gasteiger partial charge in [0.25, 0.3) is 0 Å². The molecule has 4 heterocycles. The lowest BCUT2D eigenvalue weighted by molar-refractivity contribution is -0.139. The van der Waals surface area contributed by atoms with Gasteiger partial charge in [-0.2, -0.15) is 0 Å². The minimum absolute atomic E-state index is 0.323. The molecule has 0 saturated carbocycles. The molecule has 4 fully saturated rings. The summed E-state index contributed by atoms with van der Waals surface area (Å²) in [5.74, 6) is 0.722. The smallest absolute Gasteiger partial charge is 0.320 e. The van der Waals surface area contributed by atoms with Crippen LogP contribution in [-0.2, 0) is 4.79 Å². The minimum Gasteiger partial charge on any atom is -0.480 e. The molecule has 2 bridgehead atoms. The number of likely N-dealkylation sites (N-methyl/N-ethyl adjacent to an activating group) is 1. The van der Waals surface area contributed by atoms with Crippen molar-refractivity contribution >= 4 is 5.97 Å². The molecule has 4 saturated heterocycles. The van der Waals surface area contributed by atoms with E-state index in [0.29, 0.717) is 18.5 Å². The van der Waals surface area contributed by atoms with Crippen LogP contribution in [0, 0.1) is 11.8 Å². The largest absolute Gasteiger partial charge is 0.480 e. The van der Waals surface area contributed by atoms with Crippen molar-refractivity contribution in [2.75, 3.05) is 26.7 Å². The van der Waals surface area contributed by atoms with Crippen LogP contribution in [0.25, 0.3) is 0 Å². The van der Waals surface area contributed by atoms with E-state index in [-0.39, 0.29) is 0 Å². The van der Waals surface area contributed by atoms with E-state index in [2.05, 4.69) is 16.8 Å². The van der Waals surface area contributed by atoms with Gasteiger partial charge in [-0.3, -0.25) is 9.69 Å². The van der Waals surface area contributed by atoms with Gasteiger partial charge in [-0.1, -0.05) is 0 Å². The lowest BCUT2D eigenvalue weighted by atomic mass is 9.73. The van der Waals surface area contributed by atoms with E-state index in [1.54, 1.807) is 0 Å². The van der Waals surface area contributed by atoms with Gasteiger partial charge in [0.1, 0.15) is 6.04 Å². The van der Waals surface area contributed by atoms with Gasteiger partial charge in [-0.05, 0) is 51.2 Å². The summed E-state index contributed by atoms with van der Waals surface area (Å²) >= 11 is 0. The fourth-order valence-corrected chi connectivity index (χ4v) is 4.39. The Morgan fingerprint density at radius 1 is 1.44 bits per heavy atom. The molecule has 0 aromatic heterocycles. The van der Waals surface area contributed by atoms with Crippen molar-refractivity contribution in [2.24, 2.45) is 17.6 Å². The quantitative estimate of drug-likeness (QED) is 0.730. The lowest BCUT2D eigenvalue weighted by Crippen LogP contribution is -2.58. The van der Waals surface area contributed by atoms with Crippen molar-refractivity contribution in [3.8, 4) is 0 Å². The molecule has 102 valence electrons. The SMILES string of the molecule is CN1CC2C3CCN(CC3)C2C1CC(N)C(=O)O. The van der Waals surface area contributed by atoms with E-state index in [4.69, 9.17) is 10.8 Å². The molecule has 18 heavy (non-hydrogen) atoms. The average molecular weight is 253 g/mol. The van der Waals surface area contributed by atoms with Crippen molar-refractivity contribution < 1.29 is 9.90 Å². The molecule has 0 aromatic rings. The Morgan fingerprint density at radius 2 is 2.11 bits per heavy atom. The summed E-state index contributed by atoms with van der Waals surface area (Å²) in [6.45, 7) is 3.50. The van der Waals surface area contributed by atoms with E-state index in [0.717, 1.165) is 18.4 Å². The Labute approximate surface area is 108 Å². The molecular formula is C13H23N3O2. The van der Waals surface area contributed by atoms with Crippen LogP contribution in [0.3, 0.4) is 0 Å². The molecule has 4 aliphatic rings. The lowest BCUT2D eigenvalue weighted by Gasteiger charge is -2.49. The third-order valence-electron chi connectivity index (χ3n) is 5.31. The highest BCUT2D eigenvalue weighted by Gasteiger charge is 2.51. The number of carboxylic acids is 1. The first kappa shape index (κ1) is 12.4. The van der Waals surface area contributed by atoms with Gasteiger partial charge in [-0.15, -0.1) is 0 Å². The number of fused-ring (bicyclic) bond motifs is 2. The zero-order valence-electron chi connectivity index (χ0n) is 11.0. The topological polar surface area (TPSA) is 69.8 Å². The first-order valence-electron chi connectivity index (χ1n) is 7.00. The van der Waals surface area contributed by atoms with Crippen LogP contribution in [0.5, 0.6) is 0 Å². The number of nitrogens with zero attached hydrogens (tertiary/aromatic N) is 2. The molecule has 0 radical (unpaired) electrons. The second-order valence-corrected chi connectivity index (χ2v) is 6.22. The number of hydrogen-bond donors (Lipinski definition) is 2. The molecule has 5 nitrogen and oxygen atoms in total. The van der Waals surface area contributed by atoms with E-state index in [9.17, 15) is 4.79 Å². The number of nitrogens with two attached hydrogens (primary N) is 1. The van der Waals surface area contributed by atoms with Gasteiger partial charge in [0, 0.05) is 18.6 Å². The maximum atomic E-state index is 11.0. The van der Waals surface area contributed by atoms with Gasteiger partial charge in [0.15, 0.2) is 0 Å². The Hall–Kier alpha value is -0.650. The van der Waals surface area contributed by atoms with Crippen molar-refractivity contribution in [3.63, 3.8) is 0 Å². The number of hydrogen-bond acceptors (Lipinski definition) is 4. The number of carboxylic acid groups (broad SMARTS) is 1. The van der Waals surface area contributed by atoms with Crippen molar-refractivity contribution in [3.05, 3.63) is 0 Å². The number of carbonyl (C=O) groups is 1. The Morgan fingerprint density at radius 3 is 2.72 bits per heavy atom. The van der Waals surface area contributed by atoms with Crippen LogP contribution in [-0.4, -0.2) is 65.7 Å². The second-order valence-electron chi connectivity index (χ2n) is 6.22. The number of likely N-dealkylation sites (tertiary alicyclic amines) is 1. The summed E-state index contributed by atoms with van der Waals surface area (Å²) in [7, 11) is 2.12. The predicted molar refractivity (Wildman–Crippen MR) is 68.2 cm³/mol. The first-order valence-corrected chi connectivity index (χ1v) is 7.00. The molecule has 0 amide bonds. The molecule has 3 N–H and O–H groups in total. The van der Waals surface area contributed by atoms with Crippen molar-refractivity contribution in [2.45, 2.75) is 37.4 Å². The fourth-order valence-electron chi connectivity index (χ4n) is 4.39. The molecule has 4 rings (SSSR count). The highest BCUT2D eigenvalue weighted by Crippen LogP contribution is 2.44. The first-order chi connectivity index (χ1) is 8.58. The van der Waals surface area contributed by atoms with E-state index in [1.807, 2.05) is 0 Å². The summed E-state index contributed by atoms with van der Waals surface area (Å²) in [5.41, 5.74) is 5.73. The van der Waals surface area contributed by atoms with Gasteiger partial charge in [0.2, 0.25) is 0 Å². The second kappa shape index (κ2) is 4.47.